The minimum Gasteiger partial charge on any atom is -0.479 e. The van der Waals surface area contributed by atoms with Gasteiger partial charge in [-0.05, 0) is 62.1 Å². The highest BCUT2D eigenvalue weighted by molar-refractivity contribution is 7.20. The minimum absolute atomic E-state index is 0.00221. The van der Waals surface area contributed by atoms with Crippen LogP contribution in [0.3, 0.4) is 0 Å². The summed E-state index contributed by atoms with van der Waals surface area (Å²) in [5, 5.41) is 16.6. The van der Waals surface area contributed by atoms with E-state index in [9.17, 15) is 32.7 Å². The van der Waals surface area contributed by atoms with Crippen molar-refractivity contribution in [3.63, 3.8) is 0 Å². The van der Waals surface area contributed by atoms with E-state index in [2.05, 4.69) is 15.6 Å². The number of hydrogen-bond acceptors (Lipinski definition) is 7. The van der Waals surface area contributed by atoms with Crippen LogP contribution in [0.25, 0.3) is 10.2 Å². The van der Waals surface area contributed by atoms with Crippen molar-refractivity contribution in [3.8, 4) is 5.19 Å². The molecule has 9 nitrogen and oxygen atoms in total. The molecular weight excluding hydrogens is 645 g/mol. The highest BCUT2D eigenvalue weighted by Crippen LogP contribution is 2.45. The molecule has 0 radical (unpaired) electrons. The lowest BCUT2D eigenvalue weighted by molar-refractivity contribution is -0.145. The third-order valence-corrected chi connectivity index (χ3v) is 9.89. The molecule has 1 saturated carbocycles. The maximum Gasteiger partial charge on any atom is 0.416 e. The van der Waals surface area contributed by atoms with Crippen LogP contribution in [0.2, 0.25) is 5.02 Å². The molecule has 1 aromatic heterocycles. The first kappa shape index (κ1) is 32.1. The smallest absolute Gasteiger partial charge is 0.416 e. The van der Waals surface area contributed by atoms with E-state index < -0.39 is 53.2 Å². The largest absolute Gasteiger partial charge is 0.479 e. The zero-order valence-electron chi connectivity index (χ0n) is 24.6. The van der Waals surface area contributed by atoms with Crippen LogP contribution in [0.4, 0.5) is 18.9 Å². The predicted octanol–water partition coefficient (Wildman–Crippen LogP) is 6.28. The van der Waals surface area contributed by atoms with Crippen molar-refractivity contribution in [2.24, 2.45) is 5.92 Å². The Kier molecular flexibility index (Phi) is 8.90. The van der Waals surface area contributed by atoms with Gasteiger partial charge in [0.1, 0.15) is 23.7 Å². The van der Waals surface area contributed by atoms with Gasteiger partial charge in [0, 0.05) is 23.0 Å². The Hall–Kier alpha value is -3.84. The Labute approximate surface area is 271 Å². The molecule has 46 heavy (non-hydrogen) atoms. The van der Waals surface area contributed by atoms with E-state index >= 15 is 0 Å². The van der Waals surface area contributed by atoms with E-state index in [1.807, 2.05) is 12.2 Å². The fourth-order valence-electron chi connectivity index (χ4n) is 6.20. The number of amides is 2. The Balaban J connectivity index is 1.30. The van der Waals surface area contributed by atoms with E-state index in [1.54, 1.807) is 18.2 Å². The number of nitrogens with one attached hydrogen (secondary N) is 2. The third kappa shape index (κ3) is 6.80. The van der Waals surface area contributed by atoms with Gasteiger partial charge in [0.2, 0.25) is 11.8 Å². The summed E-state index contributed by atoms with van der Waals surface area (Å²) in [5.41, 5.74) is -1.52. The van der Waals surface area contributed by atoms with Crippen LogP contribution < -0.4 is 15.4 Å². The van der Waals surface area contributed by atoms with E-state index in [-0.39, 0.29) is 31.0 Å². The van der Waals surface area contributed by atoms with Crippen LogP contribution in [0, 0.1) is 5.92 Å². The number of aromatic nitrogens is 1. The number of ether oxygens (including phenoxy) is 1. The molecule has 3 heterocycles. The number of carbonyl (C=O) groups is 3. The number of nitrogens with zero attached hydrogens (tertiary/aromatic N) is 2. The maximum atomic E-state index is 14.2. The van der Waals surface area contributed by atoms with E-state index in [4.69, 9.17) is 16.3 Å². The Morgan fingerprint density at radius 3 is 2.78 bits per heavy atom. The number of hydrogen-bond donors (Lipinski definition) is 3. The number of allylic oxidation sites excluding steroid dienone is 1. The van der Waals surface area contributed by atoms with Gasteiger partial charge in [0.25, 0.3) is 5.19 Å². The zero-order valence-corrected chi connectivity index (χ0v) is 26.1. The van der Waals surface area contributed by atoms with Crippen molar-refractivity contribution in [1.82, 2.24) is 15.2 Å². The molecule has 5 atom stereocenters. The molecule has 0 bridgehead atoms. The van der Waals surface area contributed by atoms with Gasteiger partial charge in [-0.3, -0.25) is 9.59 Å². The molecule has 1 saturated heterocycles. The standard InChI is InChI=1S/C32H32ClF3N4O5S/c33-20-11-12-23-26(14-20)46-30(38-23)45-22-15-25-27(41)39-31(29(43)44)16-19(31)7-4-2-1-3-5-10-24(28(42)40(25)17-22)37-21-9-6-8-18(13-21)32(34,35)36/h4,6-9,11-14,19,22,24-25,37H,1-3,5,10,15-17H2,(H,39,41)(H,43,44)/b7-4-/t19-,22-,24+,25+,31-/m1/s1. The molecule has 2 aliphatic heterocycles. The van der Waals surface area contributed by atoms with Crippen molar-refractivity contribution in [2.45, 2.75) is 74.8 Å². The minimum atomic E-state index is -4.56. The number of thiazole rings is 1. The molecule has 2 amide bonds. The number of aliphatic carboxylic acids is 1. The fraction of sp³-hybridized carbons (Fsp3) is 0.438. The quantitative estimate of drug-likeness (QED) is 0.272. The van der Waals surface area contributed by atoms with Gasteiger partial charge in [-0.1, -0.05) is 54.0 Å². The number of anilines is 1. The van der Waals surface area contributed by atoms with Crippen molar-refractivity contribution in [3.05, 3.63) is 65.2 Å². The summed E-state index contributed by atoms with van der Waals surface area (Å²) in [4.78, 5) is 46.2. The lowest BCUT2D eigenvalue weighted by atomic mass is 10.0. The number of carboxylic acids is 1. The number of halogens is 4. The van der Waals surface area contributed by atoms with Crippen LogP contribution in [-0.4, -0.2) is 63.0 Å². The number of rotatable bonds is 5. The summed E-state index contributed by atoms with van der Waals surface area (Å²) in [7, 11) is 0. The average Bonchev–Trinajstić information content (AvgIpc) is 3.32. The van der Waals surface area contributed by atoms with Crippen LogP contribution in [0.5, 0.6) is 5.19 Å². The third-order valence-electron chi connectivity index (χ3n) is 8.75. The molecule has 1 aliphatic carbocycles. The summed E-state index contributed by atoms with van der Waals surface area (Å²) < 4.78 is 47.4. The summed E-state index contributed by atoms with van der Waals surface area (Å²) in [6, 6.07) is 7.86. The van der Waals surface area contributed by atoms with Crippen molar-refractivity contribution >= 4 is 56.6 Å². The molecule has 3 aromatic rings. The fourth-order valence-corrected chi connectivity index (χ4v) is 7.36. The molecule has 14 heteroatoms. The second-order valence-corrected chi connectivity index (χ2v) is 13.4. The summed E-state index contributed by atoms with van der Waals surface area (Å²) in [5.74, 6) is -2.63. The van der Waals surface area contributed by atoms with Gasteiger partial charge in [-0.25, -0.2) is 9.78 Å². The van der Waals surface area contributed by atoms with Crippen LogP contribution in [-0.2, 0) is 20.6 Å². The zero-order chi connectivity index (χ0) is 32.6. The highest BCUT2D eigenvalue weighted by atomic mass is 35.5. The SMILES string of the molecule is O=C1N[C@]2(C(=O)O)C[C@H]2/C=C\CCCCC[C@H](Nc2cccc(C(F)(F)F)c2)C(=O)N2C[C@H](Oc3nc4ccc(Cl)cc4s3)C[C@@H]12. The first-order chi connectivity index (χ1) is 21.9. The molecule has 0 unspecified atom stereocenters. The number of benzene rings is 2. The van der Waals surface area contributed by atoms with Gasteiger partial charge in [-0.15, -0.1) is 0 Å². The molecule has 0 spiro atoms. The van der Waals surface area contributed by atoms with E-state index in [0.29, 0.717) is 35.0 Å². The lowest BCUT2D eigenvalue weighted by Crippen LogP contribution is -2.55. The van der Waals surface area contributed by atoms with Crippen LogP contribution >= 0.6 is 22.9 Å². The van der Waals surface area contributed by atoms with E-state index in [0.717, 1.165) is 29.7 Å². The topological polar surface area (TPSA) is 121 Å². The second kappa shape index (κ2) is 12.7. The van der Waals surface area contributed by atoms with Gasteiger partial charge in [-0.2, -0.15) is 13.2 Å². The van der Waals surface area contributed by atoms with Crippen LogP contribution in [0.15, 0.2) is 54.6 Å². The Bertz CT molecular complexity index is 1680. The highest BCUT2D eigenvalue weighted by Gasteiger charge is 2.61. The second-order valence-electron chi connectivity index (χ2n) is 12.0. The molecule has 2 fully saturated rings. The number of fused-ring (bicyclic) bond motifs is 3. The van der Waals surface area contributed by atoms with Gasteiger partial charge in [0.15, 0.2) is 0 Å². The molecule has 3 aliphatic rings. The number of carboxylic acid groups (broad SMARTS) is 1. The normalized spacial score (nSPS) is 28.0. The molecule has 6 rings (SSSR count). The van der Waals surface area contributed by atoms with Crippen molar-refractivity contribution < 1.29 is 37.4 Å². The molecule has 2 aromatic carbocycles. The number of carbonyl (C=O) groups excluding carboxylic acids is 2. The molecular formula is C32H32ClF3N4O5S. The van der Waals surface area contributed by atoms with Crippen molar-refractivity contribution in [2.75, 3.05) is 11.9 Å². The van der Waals surface area contributed by atoms with Crippen LogP contribution in [0.1, 0.15) is 50.5 Å². The van der Waals surface area contributed by atoms with Gasteiger partial charge < -0.3 is 25.4 Å². The monoisotopic (exact) mass is 676 g/mol. The van der Waals surface area contributed by atoms with Gasteiger partial charge >= 0.3 is 12.1 Å². The number of alkyl halides is 3. The summed E-state index contributed by atoms with van der Waals surface area (Å²) >= 11 is 7.38. The maximum absolute atomic E-state index is 14.2. The van der Waals surface area contributed by atoms with Crippen molar-refractivity contribution in [1.29, 1.82) is 0 Å². The molecule has 3 N–H and O–H groups in total. The average molecular weight is 677 g/mol. The first-order valence-electron chi connectivity index (χ1n) is 15.1. The summed E-state index contributed by atoms with van der Waals surface area (Å²) in [6.45, 7) is -0.00221. The predicted molar refractivity (Wildman–Crippen MR) is 167 cm³/mol. The first-order valence-corrected chi connectivity index (χ1v) is 16.3. The van der Waals surface area contributed by atoms with Gasteiger partial charge in [0.05, 0.1) is 22.3 Å². The van der Waals surface area contributed by atoms with E-state index in [1.165, 1.54) is 28.4 Å². The lowest BCUT2D eigenvalue weighted by Gasteiger charge is -2.30. The summed E-state index contributed by atoms with van der Waals surface area (Å²) in [6.07, 6.45) is 2.00. The Morgan fingerprint density at radius 1 is 1.17 bits per heavy atom. The Morgan fingerprint density at radius 2 is 2.00 bits per heavy atom. The molecule has 244 valence electrons.